The van der Waals surface area contributed by atoms with Crippen LogP contribution >= 0.6 is 0 Å². The monoisotopic (exact) mass is 683 g/mol. The molecular formula is C41H53N3O6. The minimum absolute atomic E-state index is 0.135. The first-order chi connectivity index (χ1) is 24.6. The molecule has 9 nitrogen and oxygen atoms in total. The van der Waals surface area contributed by atoms with Crippen molar-refractivity contribution in [1.82, 2.24) is 15.1 Å². The number of para-hydroxylation sites is 1. The molecule has 2 heterocycles. The maximum atomic E-state index is 11.0. The molecule has 0 unspecified atom stereocenters. The number of aliphatic hydroxyl groups is 1. The summed E-state index contributed by atoms with van der Waals surface area (Å²) in [5.41, 5.74) is 4.37. The molecule has 2 saturated heterocycles. The van der Waals surface area contributed by atoms with Gasteiger partial charge < -0.3 is 39.0 Å². The molecule has 6 rings (SSSR count). The first-order valence-corrected chi connectivity index (χ1v) is 18.0. The Balaban J connectivity index is 0.961. The molecule has 2 aliphatic rings. The van der Waals surface area contributed by atoms with Crippen molar-refractivity contribution in [2.45, 2.75) is 44.4 Å². The fourth-order valence-corrected chi connectivity index (χ4v) is 6.80. The number of piperazine rings is 1. The van der Waals surface area contributed by atoms with E-state index >= 15 is 0 Å². The van der Waals surface area contributed by atoms with Crippen LogP contribution in [0.15, 0.2) is 84.9 Å². The lowest BCUT2D eigenvalue weighted by Gasteiger charge is -2.36. The Morgan fingerprint density at radius 2 is 1.50 bits per heavy atom. The van der Waals surface area contributed by atoms with Crippen LogP contribution in [0.25, 0.3) is 10.8 Å². The van der Waals surface area contributed by atoms with Crippen LogP contribution in [0.5, 0.6) is 11.5 Å². The van der Waals surface area contributed by atoms with Crippen molar-refractivity contribution in [1.29, 1.82) is 0 Å². The van der Waals surface area contributed by atoms with Gasteiger partial charge in [-0.3, -0.25) is 4.90 Å². The van der Waals surface area contributed by atoms with Crippen LogP contribution in [0.4, 0.5) is 0 Å². The highest BCUT2D eigenvalue weighted by Crippen LogP contribution is 2.31. The van der Waals surface area contributed by atoms with Crippen molar-refractivity contribution >= 4 is 10.8 Å². The number of fused-ring (bicyclic) bond motifs is 1. The van der Waals surface area contributed by atoms with Crippen molar-refractivity contribution in [2.75, 3.05) is 79.8 Å². The van der Waals surface area contributed by atoms with Gasteiger partial charge in [-0.05, 0) is 64.8 Å². The second-order valence-corrected chi connectivity index (χ2v) is 13.4. The van der Waals surface area contributed by atoms with Gasteiger partial charge in [0.15, 0.2) is 0 Å². The van der Waals surface area contributed by atoms with Crippen molar-refractivity contribution < 1.29 is 28.8 Å². The van der Waals surface area contributed by atoms with Crippen LogP contribution in [-0.4, -0.2) is 107 Å². The van der Waals surface area contributed by atoms with E-state index in [-0.39, 0.29) is 12.0 Å². The van der Waals surface area contributed by atoms with Gasteiger partial charge in [-0.25, -0.2) is 0 Å². The Bertz CT molecular complexity index is 1610. The maximum absolute atomic E-state index is 11.0. The Labute approximate surface area is 297 Å². The van der Waals surface area contributed by atoms with Crippen molar-refractivity contribution in [2.24, 2.45) is 0 Å². The molecule has 0 bridgehead atoms. The third kappa shape index (κ3) is 10.3. The number of benzene rings is 4. The number of nitrogens with one attached hydrogen (secondary N) is 1. The van der Waals surface area contributed by atoms with E-state index in [9.17, 15) is 5.11 Å². The minimum Gasteiger partial charge on any atom is -0.496 e. The van der Waals surface area contributed by atoms with E-state index in [1.165, 1.54) is 16.3 Å². The molecule has 0 saturated carbocycles. The van der Waals surface area contributed by atoms with Gasteiger partial charge in [0.25, 0.3) is 0 Å². The molecule has 2 aliphatic heterocycles. The summed E-state index contributed by atoms with van der Waals surface area (Å²) in [7, 11) is 3.86. The summed E-state index contributed by atoms with van der Waals surface area (Å²) in [5.74, 6) is 1.51. The van der Waals surface area contributed by atoms with E-state index in [2.05, 4.69) is 58.6 Å². The van der Waals surface area contributed by atoms with Gasteiger partial charge in [0.1, 0.15) is 11.5 Å². The van der Waals surface area contributed by atoms with Crippen LogP contribution in [-0.2, 0) is 34.0 Å². The summed E-state index contributed by atoms with van der Waals surface area (Å²) < 4.78 is 29.8. The van der Waals surface area contributed by atoms with Gasteiger partial charge in [-0.2, -0.15) is 0 Å². The molecule has 268 valence electrons. The van der Waals surface area contributed by atoms with Gasteiger partial charge in [-0.1, -0.05) is 54.6 Å². The first kappa shape index (κ1) is 36.3. The summed E-state index contributed by atoms with van der Waals surface area (Å²) in [5, 5.41) is 16.8. The summed E-state index contributed by atoms with van der Waals surface area (Å²) in [6, 6.07) is 29.0. The lowest BCUT2D eigenvalue weighted by molar-refractivity contribution is -0.0328. The Hall–Kier alpha value is -3.54. The second-order valence-electron chi connectivity index (χ2n) is 13.4. The molecular weight excluding hydrogens is 630 g/mol. The summed E-state index contributed by atoms with van der Waals surface area (Å²) >= 11 is 0. The number of piperidine rings is 1. The maximum Gasteiger partial charge on any atom is 0.124 e. The van der Waals surface area contributed by atoms with Crippen molar-refractivity contribution in [3.63, 3.8) is 0 Å². The molecule has 0 amide bonds. The smallest absolute Gasteiger partial charge is 0.124 e. The topological polar surface area (TPSA) is 84.9 Å². The summed E-state index contributed by atoms with van der Waals surface area (Å²) in [6.07, 6.45) is 0.0684. The number of rotatable bonds is 17. The molecule has 50 heavy (non-hydrogen) atoms. The first-order valence-electron chi connectivity index (χ1n) is 18.0. The molecule has 0 spiro atoms. The predicted octanol–water partition coefficient (Wildman–Crippen LogP) is 5.23. The third-order valence-electron chi connectivity index (χ3n) is 9.78. The molecule has 2 N–H and O–H groups in total. The SMILES string of the molecule is COc1ccccc1COCCCOc1ccc([C@H]2[C@H](O)CNC[C@@H]2OCc2ccc3ccc(COCCN4CCN(C)CC4)cc3c2)cc1. The fourth-order valence-electron chi connectivity index (χ4n) is 6.80. The molecule has 2 fully saturated rings. The van der Waals surface area contributed by atoms with Gasteiger partial charge in [0.2, 0.25) is 0 Å². The minimum atomic E-state index is -0.545. The van der Waals surface area contributed by atoms with Crippen LogP contribution in [0.3, 0.4) is 0 Å². The van der Waals surface area contributed by atoms with Gasteiger partial charge in [0.05, 0.1) is 59.0 Å². The van der Waals surface area contributed by atoms with E-state index in [0.717, 1.165) is 73.9 Å². The summed E-state index contributed by atoms with van der Waals surface area (Å²) in [6.45, 7) is 10.2. The van der Waals surface area contributed by atoms with E-state index in [4.69, 9.17) is 23.7 Å². The number of nitrogens with zero attached hydrogens (tertiary/aromatic N) is 2. The van der Waals surface area contributed by atoms with Crippen molar-refractivity contribution in [3.05, 3.63) is 107 Å². The number of hydrogen-bond acceptors (Lipinski definition) is 9. The van der Waals surface area contributed by atoms with Crippen LogP contribution in [0.1, 0.15) is 34.6 Å². The zero-order valence-electron chi connectivity index (χ0n) is 29.6. The van der Waals surface area contributed by atoms with E-state index < -0.39 is 6.10 Å². The number of likely N-dealkylation sites (N-methyl/N-ethyl adjacent to an activating group) is 1. The Morgan fingerprint density at radius 3 is 2.28 bits per heavy atom. The highest BCUT2D eigenvalue weighted by Gasteiger charge is 2.34. The van der Waals surface area contributed by atoms with Gasteiger partial charge in [0, 0.05) is 63.7 Å². The lowest BCUT2D eigenvalue weighted by Crippen LogP contribution is -2.49. The summed E-state index contributed by atoms with van der Waals surface area (Å²) in [4.78, 5) is 4.85. The number of β-amino-alcohol motifs (C(OH)–C–C–N with tert-alkyl or cyclic N) is 1. The van der Waals surface area contributed by atoms with E-state index in [0.29, 0.717) is 46.1 Å². The fraction of sp³-hybridized carbons (Fsp3) is 0.463. The standard InChI is InChI=1S/C41H53N3O6/c1-43-16-18-44(19-17-43)20-23-48-28-31-8-10-33-11-9-32(25-36(33)24-31)29-50-40-27-42-26-38(45)41(40)34-12-14-37(15-13-34)49-22-5-21-47-30-35-6-3-4-7-39(35)46-2/h3-4,6-15,24-25,38,40-42,45H,5,16-23,26-30H2,1-2H3/t38-,40+,41+/m1/s1. The number of methoxy groups -OCH3 is 1. The van der Waals surface area contributed by atoms with Gasteiger partial charge >= 0.3 is 0 Å². The zero-order valence-corrected chi connectivity index (χ0v) is 29.6. The van der Waals surface area contributed by atoms with Crippen molar-refractivity contribution in [3.8, 4) is 11.5 Å². The molecule has 3 atom stereocenters. The third-order valence-corrected chi connectivity index (χ3v) is 9.78. The average molecular weight is 684 g/mol. The number of ether oxygens (including phenoxy) is 5. The van der Waals surface area contributed by atoms with Crippen LogP contribution < -0.4 is 14.8 Å². The zero-order chi connectivity index (χ0) is 34.5. The molecule has 9 heteroatoms. The Kier molecular flexibility index (Phi) is 13.5. The highest BCUT2D eigenvalue weighted by molar-refractivity contribution is 5.83. The van der Waals surface area contributed by atoms with Crippen LogP contribution in [0.2, 0.25) is 0 Å². The molecule has 4 aromatic rings. The Morgan fingerprint density at radius 1 is 0.760 bits per heavy atom. The average Bonchev–Trinajstić information content (AvgIpc) is 3.15. The highest BCUT2D eigenvalue weighted by atomic mass is 16.5. The molecule has 0 aliphatic carbocycles. The quantitative estimate of drug-likeness (QED) is 0.145. The second kappa shape index (κ2) is 18.6. The number of aliphatic hydroxyl groups excluding tert-OH is 1. The van der Waals surface area contributed by atoms with E-state index in [1.54, 1.807) is 7.11 Å². The normalized spacial score (nSPS) is 20.3. The molecule has 0 radical (unpaired) electrons. The number of hydrogen-bond donors (Lipinski definition) is 2. The van der Waals surface area contributed by atoms with Gasteiger partial charge in [-0.15, -0.1) is 0 Å². The van der Waals surface area contributed by atoms with Crippen LogP contribution in [0, 0.1) is 0 Å². The molecule has 4 aromatic carbocycles. The lowest BCUT2D eigenvalue weighted by atomic mass is 9.85. The predicted molar refractivity (Wildman–Crippen MR) is 197 cm³/mol. The largest absolute Gasteiger partial charge is 0.496 e. The van der Waals surface area contributed by atoms with E-state index in [1.807, 2.05) is 48.5 Å². The molecule has 0 aromatic heterocycles.